The van der Waals surface area contributed by atoms with Gasteiger partial charge in [0.15, 0.2) is 0 Å². The fourth-order valence-electron chi connectivity index (χ4n) is 3.44. The van der Waals surface area contributed by atoms with E-state index in [2.05, 4.69) is 33.4 Å². The molecule has 1 N–H and O–H groups in total. The summed E-state index contributed by atoms with van der Waals surface area (Å²) in [5, 5.41) is 7.47. The molecule has 0 saturated carbocycles. The molecule has 1 saturated heterocycles. The zero-order chi connectivity index (χ0) is 17.8. The van der Waals surface area contributed by atoms with Crippen LogP contribution < -0.4 is 5.32 Å². The first-order chi connectivity index (χ1) is 12.0. The molecule has 0 aromatic carbocycles. The van der Waals surface area contributed by atoms with E-state index in [1.54, 1.807) is 6.20 Å². The van der Waals surface area contributed by atoms with E-state index in [9.17, 15) is 4.79 Å². The van der Waals surface area contributed by atoms with Crippen LogP contribution in [-0.4, -0.2) is 38.7 Å². The molecule has 1 amide bonds. The highest BCUT2D eigenvalue weighted by Gasteiger charge is 2.26. The van der Waals surface area contributed by atoms with Crippen molar-refractivity contribution in [3.63, 3.8) is 0 Å². The number of aromatic nitrogens is 3. The molecule has 0 unspecified atom stereocenters. The Balaban J connectivity index is 1.60. The fourth-order valence-corrected chi connectivity index (χ4v) is 3.44. The van der Waals surface area contributed by atoms with E-state index in [0.717, 1.165) is 50.2 Å². The van der Waals surface area contributed by atoms with Gasteiger partial charge in [0.2, 0.25) is 5.91 Å². The van der Waals surface area contributed by atoms with Crippen LogP contribution in [0.25, 0.3) is 0 Å². The minimum atomic E-state index is 0.0126. The Morgan fingerprint density at radius 1 is 1.40 bits per heavy atom. The van der Waals surface area contributed by atoms with Gasteiger partial charge in [0.25, 0.3) is 0 Å². The second-order valence-electron chi connectivity index (χ2n) is 6.91. The van der Waals surface area contributed by atoms with Crippen LogP contribution in [0.4, 0.5) is 5.82 Å². The van der Waals surface area contributed by atoms with Gasteiger partial charge in [-0.3, -0.25) is 14.4 Å². The van der Waals surface area contributed by atoms with E-state index < -0.39 is 0 Å². The Hall–Kier alpha value is -2.21. The number of amides is 1. The van der Waals surface area contributed by atoms with Crippen LogP contribution in [0.2, 0.25) is 0 Å². The van der Waals surface area contributed by atoms with Crippen molar-refractivity contribution in [3.8, 4) is 0 Å². The SMILES string of the molecule is CCc1nn(C)cc1CN1CCC[C@@H](C(=O)Nc2ccc(C)cn2)C1. The highest BCUT2D eigenvalue weighted by atomic mass is 16.2. The van der Waals surface area contributed by atoms with Crippen LogP contribution in [0.15, 0.2) is 24.5 Å². The molecule has 0 aliphatic carbocycles. The van der Waals surface area contributed by atoms with Crippen molar-refractivity contribution in [1.29, 1.82) is 0 Å². The van der Waals surface area contributed by atoms with Crippen LogP contribution in [0.5, 0.6) is 0 Å². The van der Waals surface area contributed by atoms with Crippen LogP contribution in [0, 0.1) is 12.8 Å². The molecule has 1 aliphatic heterocycles. The van der Waals surface area contributed by atoms with Crippen molar-refractivity contribution in [2.45, 2.75) is 39.7 Å². The van der Waals surface area contributed by atoms with Crippen molar-refractivity contribution in [2.24, 2.45) is 13.0 Å². The molecule has 1 fully saturated rings. The summed E-state index contributed by atoms with van der Waals surface area (Å²) in [5.74, 6) is 0.717. The number of carbonyl (C=O) groups is 1. The van der Waals surface area contributed by atoms with Gasteiger partial charge in [0.1, 0.15) is 5.82 Å². The Kier molecular flexibility index (Phi) is 5.48. The Bertz CT molecular complexity index is 722. The third-order valence-corrected chi connectivity index (χ3v) is 4.76. The largest absolute Gasteiger partial charge is 0.310 e. The Morgan fingerprint density at radius 2 is 2.24 bits per heavy atom. The molecule has 6 nitrogen and oxygen atoms in total. The predicted octanol–water partition coefficient (Wildman–Crippen LogP) is 2.54. The quantitative estimate of drug-likeness (QED) is 0.908. The van der Waals surface area contributed by atoms with Crippen LogP contribution in [-0.2, 0) is 24.8 Å². The standard InChI is InChI=1S/C19H27N5O/c1-4-17-16(11-23(3)22-17)13-24-9-5-6-15(12-24)19(25)21-18-8-7-14(2)10-20-18/h7-8,10-11,15H,4-6,9,12-13H2,1-3H3,(H,20,21,25)/t15-/m1/s1. The molecule has 2 aromatic rings. The van der Waals surface area contributed by atoms with Gasteiger partial charge in [-0.1, -0.05) is 13.0 Å². The summed E-state index contributed by atoms with van der Waals surface area (Å²) < 4.78 is 1.88. The molecule has 3 rings (SSSR count). The maximum absolute atomic E-state index is 12.6. The second-order valence-corrected chi connectivity index (χ2v) is 6.91. The molecular formula is C19H27N5O. The number of aryl methyl sites for hydroxylation is 3. The van der Waals surface area contributed by atoms with Gasteiger partial charge in [-0.15, -0.1) is 0 Å². The molecule has 0 radical (unpaired) electrons. The second kappa shape index (κ2) is 7.78. The van der Waals surface area contributed by atoms with Gasteiger partial charge in [-0.05, 0) is 44.4 Å². The van der Waals surface area contributed by atoms with Crippen LogP contribution in [0.3, 0.4) is 0 Å². The molecule has 134 valence electrons. The van der Waals surface area contributed by atoms with Gasteiger partial charge >= 0.3 is 0 Å². The number of carbonyl (C=O) groups excluding carboxylic acids is 1. The number of rotatable bonds is 5. The summed E-state index contributed by atoms with van der Waals surface area (Å²) in [7, 11) is 1.96. The third-order valence-electron chi connectivity index (χ3n) is 4.76. The normalized spacial score (nSPS) is 18.3. The lowest BCUT2D eigenvalue weighted by Gasteiger charge is -2.31. The maximum Gasteiger partial charge on any atom is 0.229 e. The van der Waals surface area contributed by atoms with Crippen molar-refractivity contribution in [2.75, 3.05) is 18.4 Å². The number of piperidine rings is 1. The number of nitrogens with zero attached hydrogens (tertiary/aromatic N) is 4. The highest BCUT2D eigenvalue weighted by molar-refractivity contribution is 5.91. The molecule has 6 heteroatoms. The van der Waals surface area contributed by atoms with Crippen molar-refractivity contribution >= 4 is 11.7 Å². The summed E-state index contributed by atoms with van der Waals surface area (Å²) in [4.78, 5) is 19.2. The van der Waals surface area contributed by atoms with Gasteiger partial charge in [-0.25, -0.2) is 4.98 Å². The molecule has 1 aliphatic rings. The average molecular weight is 341 g/mol. The molecule has 2 aromatic heterocycles. The first kappa shape index (κ1) is 17.6. The third kappa shape index (κ3) is 4.45. The number of hydrogen-bond acceptors (Lipinski definition) is 4. The van der Waals surface area contributed by atoms with Crippen molar-refractivity contribution in [3.05, 3.63) is 41.3 Å². The van der Waals surface area contributed by atoms with Gasteiger partial charge in [0.05, 0.1) is 11.6 Å². The first-order valence-electron chi connectivity index (χ1n) is 9.02. The van der Waals surface area contributed by atoms with Gasteiger partial charge in [-0.2, -0.15) is 5.10 Å². The van der Waals surface area contributed by atoms with Crippen LogP contribution >= 0.6 is 0 Å². The summed E-state index contributed by atoms with van der Waals surface area (Å²) in [6.45, 7) is 6.80. The van der Waals surface area contributed by atoms with E-state index in [1.165, 1.54) is 5.56 Å². The smallest absolute Gasteiger partial charge is 0.229 e. The predicted molar refractivity (Wildman–Crippen MR) is 98.2 cm³/mol. The fraction of sp³-hybridized carbons (Fsp3) is 0.526. The summed E-state index contributed by atoms with van der Waals surface area (Å²) >= 11 is 0. The highest BCUT2D eigenvalue weighted by Crippen LogP contribution is 2.21. The Morgan fingerprint density at radius 3 is 2.96 bits per heavy atom. The number of nitrogens with one attached hydrogen (secondary N) is 1. The van der Waals surface area contributed by atoms with E-state index >= 15 is 0 Å². The summed E-state index contributed by atoms with van der Waals surface area (Å²) in [5.41, 5.74) is 3.51. The van der Waals surface area contributed by atoms with Crippen LogP contribution in [0.1, 0.15) is 36.6 Å². The van der Waals surface area contributed by atoms with E-state index in [4.69, 9.17) is 0 Å². The van der Waals surface area contributed by atoms with Gasteiger partial charge < -0.3 is 5.32 Å². The van der Waals surface area contributed by atoms with Crippen molar-refractivity contribution < 1.29 is 4.79 Å². The lowest BCUT2D eigenvalue weighted by molar-refractivity contribution is -0.121. The minimum absolute atomic E-state index is 0.0126. The monoisotopic (exact) mass is 341 g/mol. The van der Waals surface area contributed by atoms with E-state index in [0.29, 0.717) is 5.82 Å². The Labute approximate surface area is 149 Å². The zero-order valence-electron chi connectivity index (χ0n) is 15.3. The van der Waals surface area contributed by atoms with Gasteiger partial charge in [0, 0.05) is 38.1 Å². The van der Waals surface area contributed by atoms with Crippen molar-refractivity contribution in [1.82, 2.24) is 19.7 Å². The molecular weight excluding hydrogens is 314 g/mol. The topological polar surface area (TPSA) is 63.1 Å². The van der Waals surface area contributed by atoms with E-state index in [1.807, 2.05) is 30.8 Å². The zero-order valence-corrected chi connectivity index (χ0v) is 15.3. The lowest BCUT2D eigenvalue weighted by Crippen LogP contribution is -2.40. The molecule has 1 atom stereocenters. The molecule has 0 spiro atoms. The molecule has 3 heterocycles. The van der Waals surface area contributed by atoms with E-state index in [-0.39, 0.29) is 11.8 Å². The molecule has 0 bridgehead atoms. The summed E-state index contributed by atoms with van der Waals surface area (Å²) in [6, 6.07) is 3.82. The number of anilines is 1. The number of likely N-dealkylation sites (tertiary alicyclic amines) is 1. The number of hydrogen-bond donors (Lipinski definition) is 1. The average Bonchev–Trinajstić information content (AvgIpc) is 2.96. The summed E-state index contributed by atoms with van der Waals surface area (Å²) in [6.07, 6.45) is 6.78. The maximum atomic E-state index is 12.6. The minimum Gasteiger partial charge on any atom is -0.310 e. The molecule has 25 heavy (non-hydrogen) atoms. The lowest BCUT2D eigenvalue weighted by atomic mass is 9.96. The number of pyridine rings is 1. The first-order valence-corrected chi connectivity index (χ1v) is 9.02.